The predicted molar refractivity (Wildman–Crippen MR) is 86.1 cm³/mol. The topological polar surface area (TPSA) is 41.1 Å². The maximum Gasteiger partial charge on any atom is 0.223 e. The molecule has 1 N–H and O–H groups in total. The number of nitrogens with zero attached hydrogens (tertiary/aromatic N) is 3. The summed E-state index contributed by atoms with van der Waals surface area (Å²) in [5, 5.41) is 3.43. The third kappa shape index (κ3) is 3.56. The Kier molecular flexibility index (Phi) is 4.33. The summed E-state index contributed by atoms with van der Waals surface area (Å²) in [7, 11) is 0. The average molecular weight is 353 g/mol. The van der Waals surface area contributed by atoms with E-state index in [2.05, 4.69) is 48.2 Å². The predicted octanol–water partition coefficient (Wildman–Crippen LogP) is 3.30. The number of hydrogen-bond donors (Lipinski definition) is 1. The second-order valence-electron chi connectivity index (χ2n) is 5.09. The van der Waals surface area contributed by atoms with Crippen LogP contribution in [0.5, 0.6) is 0 Å². The molecule has 2 aromatic rings. The number of aryl methyl sites for hydroxylation is 1. The van der Waals surface area contributed by atoms with Gasteiger partial charge < -0.3 is 5.32 Å². The van der Waals surface area contributed by atoms with Gasteiger partial charge in [-0.25, -0.2) is 9.97 Å². The van der Waals surface area contributed by atoms with E-state index in [9.17, 15) is 0 Å². The van der Waals surface area contributed by atoms with Crippen LogP contribution in [-0.4, -0.2) is 34.0 Å². The van der Waals surface area contributed by atoms with Gasteiger partial charge in [0.25, 0.3) is 0 Å². The van der Waals surface area contributed by atoms with Crippen molar-refractivity contribution in [1.82, 2.24) is 14.9 Å². The number of aromatic nitrogens is 2. The Labute approximate surface area is 131 Å². The lowest BCUT2D eigenvalue weighted by molar-refractivity contribution is 0.331. The van der Waals surface area contributed by atoms with Crippen molar-refractivity contribution in [2.45, 2.75) is 25.9 Å². The Morgan fingerprint density at radius 3 is 3.10 bits per heavy atom. The van der Waals surface area contributed by atoms with Crippen molar-refractivity contribution in [2.75, 3.05) is 18.4 Å². The first-order valence-corrected chi connectivity index (χ1v) is 8.33. The highest BCUT2D eigenvalue weighted by atomic mass is 79.9. The van der Waals surface area contributed by atoms with E-state index in [0.717, 1.165) is 37.7 Å². The zero-order valence-electron chi connectivity index (χ0n) is 11.3. The van der Waals surface area contributed by atoms with Crippen LogP contribution in [-0.2, 0) is 6.54 Å². The molecule has 1 aliphatic heterocycles. The molecule has 0 spiro atoms. The van der Waals surface area contributed by atoms with Crippen LogP contribution >= 0.6 is 27.3 Å². The number of likely N-dealkylation sites (tertiary alicyclic amines) is 1. The molecule has 0 bridgehead atoms. The Hall–Kier alpha value is -0.980. The number of thiophene rings is 1. The molecule has 0 radical (unpaired) electrons. The molecule has 3 rings (SSSR count). The van der Waals surface area contributed by atoms with Crippen LogP contribution in [0.15, 0.2) is 28.2 Å². The molecule has 0 aliphatic carbocycles. The summed E-state index contributed by atoms with van der Waals surface area (Å²) >= 11 is 5.33. The normalized spacial score (nSPS) is 19.4. The maximum absolute atomic E-state index is 4.40. The van der Waals surface area contributed by atoms with Crippen LogP contribution in [0.3, 0.4) is 0 Å². The smallest absolute Gasteiger partial charge is 0.223 e. The number of hydrogen-bond acceptors (Lipinski definition) is 5. The van der Waals surface area contributed by atoms with Gasteiger partial charge in [0, 0.05) is 42.4 Å². The molecule has 0 aromatic carbocycles. The summed E-state index contributed by atoms with van der Waals surface area (Å²) in [6.45, 7) is 5.19. The van der Waals surface area contributed by atoms with Gasteiger partial charge in [-0.2, -0.15) is 0 Å². The largest absolute Gasteiger partial charge is 0.350 e. The third-order valence-corrected chi connectivity index (χ3v) is 5.02. The molecule has 1 saturated heterocycles. The molecule has 0 saturated carbocycles. The number of rotatable bonds is 4. The van der Waals surface area contributed by atoms with Gasteiger partial charge >= 0.3 is 0 Å². The van der Waals surface area contributed by atoms with Gasteiger partial charge in [-0.05, 0) is 47.5 Å². The van der Waals surface area contributed by atoms with Crippen molar-refractivity contribution in [1.29, 1.82) is 0 Å². The standard InChI is InChI=1S/C14H17BrN4S/c1-10-4-6-16-14(17-10)18-11-5-7-19(8-11)9-12-2-3-13(15)20-12/h2-4,6,11H,5,7-9H2,1H3,(H,16,17,18). The molecule has 1 atom stereocenters. The molecule has 1 fully saturated rings. The van der Waals surface area contributed by atoms with Crippen LogP contribution in [0.2, 0.25) is 0 Å². The molecule has 2 aromatic heterocycles. The molecule has 4 nitrogen and oxygen atoms in total. The van der Waals surface area contributed by atoms with E-state index < -0.39 is 0 Å². The SMILES string of the molecule is Cc1ccnc(NC2CCN(Cc3ccc(Br)s3)C2)n1. The molecule has 20 heavy (non-hydrogen) atoms. The Balaban J connectivity index is 1.54. The highest BCUT2D eigenvalue weighted by Gasteiger charge is 2.23. The number of halogens is 1. The van der Waals surface area contributed by atoms with E-state index in [0.29, 0.717) is 6.04 Å². The van der Waals surface area contributed by atoms with Crippen molar-refractivity contribution < 1.29 is 0 Å². The minimum atomic E-state index is 0.445. The van der Waals surface area contributed by atoms with Crippen LogP contribution in [0, 0.1) is 6.92 Å². The summed E-state index contributed by atoms with van der Waals surface area (Å²) < 4.78 is 1.20. The number of nitrogens with one attached hydrogen (secondary N) is 1. The summed E-state index contributed by atoms with van der Waals surface area (Å²) in [6, 6.07) is 6.67. The van der Waals surface area contributed by atoms with Crippen molar-refractivity contribution >= 4 is 33.2 Å². The highest BCUT2D eigenvalue weighted by Crippen LogP contribution is 2.25. The summed E-state index contributed by atoms with van der Waals surface area (Å²) in [5.41, 5.74) is 1.00. The molecular weight excluding hydrogens is 336 g/mol. The van der Waals surface area contributed by atoms with Gasteiger partial charge in [-0.15, -0.1) is 11.3 Å². The average Bonchev–Trinajstić information content (AvgIpc) is 3.00. The van der Waals surface area contributed by atoms with Gasteiger partial charge in [-0.3, -0.25) is 4.90 Å². The quantitative estimate of drug-likeness (QED) is 0.916. The van der Waals surface area contributed by atoms with Crippen molar-refractivity contribution in [3.8, 4) is 0 Å². The van der Waals surface area contributed by atoms with E-state index in [1.165, 1.54) is 8.66 Å². The Morgan fingerprint density at radius 2 is 2.35 bits per heavy atom. The second-order valence-corrected chi connectivity index (χ2v) is 7.64. The lowest BCUT2D eigenvalue weighted by Crippen LogP contribution is -2.26. The summed E-state index contributed by atoms with van der Waals surface area (Å²) in [5.74, 6) is 0.746. The monoisotopic (exact) mass is 352 g/mol. The van der Waals surface area contributed by atoms with Crippen LogP contribution < -0.4 is 5.32 Å². The van der Waals surface area contributed by atoms with Crippen LogP contribution in [0.25, 0.3) is 0 Å². The van der Waals surface area contributed by atoms with Gasteiger partial charge in [0.1, 0.15) is 0 Å². The highest BCUT2D eigenvalue weighted by molar-refractivity contribution is 9.11. The van der Waals surface area contributed by atoms with Crippen molar-refractivity contribution in [3.05, 3.63) is 38.8 Å². The molecule has 106 valence electrons. The van der Waals surface area contributed by atoms with Gasteiger partial charge in [0.2, 0.25) is 5.95 Å². The fraction of sp³-hybridized carbons (Fsp3) is 0.429. The summed E-state index contributed by atoms with van der Waals surface area (Å²) in [4.78, 5) is 12.6. The van der Waals surface area contributed by atoms with E-state index in [4.69, 9.17) is 0 Å². The first-order chi connectivity index (χ1) is 9.69. The second kappa shape index (κ2) is 6.20. The fourth-order valence-electron chi connectivity index (χ4n) is 2.45. The lowest BCUT2D eigenvalue weighted by atomic mass is 10.3. The summed E-state index contributed by atoms with van der Waals surface area (Å²) in [6.07, 6.45) is 2.95. The zero-order valence-corrected chi connectivity index (χ0v) is 13.7. The lowest BCUT2D eigenvalue weighted by Gasteiger charge is -2.15. The minimum Gasteiger partial charge on any atom is -0.350 e. The first kappa shape index (κ1) is 14.0. The Bertz CT molecular complexity index is 586. The molecule has 1 aliphatic rings. The molecule has 6 heteroatoms. The maximum atomic E-state index is 4.40. The molecule has 1 unspecified atom stereocenters. The Morgan fingerprint density at radius 1 is 1.45 bits per heavy atom. The fourth-order valence-corrected chi connectivity index (χ4v) is 3.98. The molecule has 0 amide bonds. The van der Waals surface area contributed by atoms with Crippen LogP contribution in [0.1, 0.15) is 17.0 Å². The molecule has 3 heterocycles. The van der Waals surface area contributed by atoms with Gasteiger partial charge in [0.15, 0.2) is 0 Å². The van der Waals surface area contributed by atoms with Crippen molar-refractivity contribution in [2.24, 2.45) is 0 Å². The number of anilines is 1. The minimum absolute atomic E-state index is 0.445. The molecular formula is C14H17BrN4S. The third-order valence-electron chi connectivity index (χ3n) is 3.41. The van der Waals surface area contributed by atoms with Gasteiger partial charge in [-0.1, -0.05) is 0 Å². The zero-order chi connectivity index (χ0) is 13.9. The van der Waals surface area contributed by atoms with Crippen LogP contribution in [0.4, 0.5) is 5.95 Å². The van der Waals surface area contributed by atoms with E-state index in [-0.39, 0.29) is 0 Å². The van der Waals surface area contributed by atoms with Gasteiger partial charge in [0.05, 0.1) is 3.79 Å². The first-order valence-electron chi connectivity index (χ1n) is 6.72. The van der Waals surface area contributed by atoms with Crippen molar-refractivity contribution in [3.63, 3.8) is 0 Å². The van der Waals surface area contributed by atoms with E-state index >= 15 is 0 Å². The van der Waals surface area contributed by atoms with E-state index in [1.54, 1.807) is 6.20 Å². The van der Waals surface area contributed by atoms with E-state index in [1.807, 2.05) is 24.3 Å².